The average Bonchev–Trinajstić information content (AvgIpc) is 3.03. The summed E-state index contributed by atoms with van der Waals surface area (Å²) in [5.41, 5.74) is 0. The average molecular weight is 330 g/mol. The van der Waals surface area contributed by atoms with Crippen LogP contribution in [0.5, 0.6) is 0 Å². The molecule has 2 saturated heterocycles. The second-order valence-electron chi connectivity index (χ2n) is 4.91. The predicted molar refractivity (Wildman–Crippen MR) is 75.8 cm³/mol. The van der Waals surface area contributed by atoms with E-state index in [4.69, 9.17) is 0 Å². The Hall–Kier alpha value is -0.590. The van der Waals surface area contributed by atoms with Crippen LogP contribution in [-0.2, 0) is 0 Å². The molecule has 0 saturated carbocycles. The molecule has 0 aliphatic carbocycles. The summed E-state index contributed by atoms with van der Waals surface area (Å²) in [5.74, 6) is 0.615. The fourth-order valence-electron chi connectivity index (χ4n) is 2.61. The lowest BCUT2D eigenvalue weighted by atomic mass is 10.1. The number of hydrogen-bond donors (Lipinski definition) is 2. The van der Waals surface area contributed by atoms with E-state index in [1.54, 1.807) is 11.3 Å². The van der Waals surface area contributed by atoms with E-state index in [2.05, 4.69) is 32.6 Å². The molecule has 98 valence electrons. The Labute approximate surface area is 119 Å². The summed E-state index contributed by atoms with van der Waals surface area (Å²) in [6.07, 6.45) is 1.18. The molecule has 18 heavy (non-hydrogen) atoms. The lowest BCUT2D eigenvalue weighted by Crippen LogP contribution is -2.33. The summed E-state index contributed by atoms with van der Waals surface area (Å²) in [7, 11) is 0. The highest BCUT2D eigenvalue weighted by atomic mass is 79.9. The normalized spacial score (nSPS) is 27.8. The van der Waals surface area contributed by atoms with Crippen molar-refractivity contribution in [2.24, 2.45) is 5.92 Å². The number of rotatable bonds is 3. The van der Waals surface area contributed by atoms with Crippen LogP contribution < -0.4 is 10.6 Å². The smallest absolute Gasteiger partial charge is 0.318 e. The number of carbonyl (C=O) groups is 1. The summed E-state index contributed by atoms with van der Waals surface area (Å²) in [6.45, 7) is 3.80. The fourth-order valence-corrected chi connectivity index (χ4v) is 4.07. The van der Waals surface area contributed by atoms with E-state index in [1.165, 1.54) is 11.3 Å². The van der Waals surface area contributed by atoms with Gasteiger partial charge in [0.1, 0.15) is 0 Å². The van der Waals surface area contributed by atoms with E-state index >= 15 is 0 Å². The maximum absolute atomic E-state index is 11.9. The number of thiophene rings is 1. The highest BCUT2D eigenvalue weighted by Crippen LogP contribution is 2.30. The molecule has 4 nitrogen and oxygen atoms in total. The standard InChI is InChI=1S/C12H16BrN3OS/c13-11-2-1-10(18-11)9-7-16(12(17)15-9)6-8-3-4-14-5-8/h1-2,8-9,14H,3-7H2,(H,15,17). The summed E-state index contributed by atoms with van der Waals surface area (Å²) in [5, 5.41) is 6.41. The third-order valence-electron chi connectivity index (χ3n) is 3.57. The zero-order valence-corrected chi connectivity index (χ0v) is 12.4. The van der Waals surface area contributed by atoms with Crippen molar-refractivity contribution in [1.82, 2.24) is 15.5 Å². The number of carbonyl (C=O) groups excluding carboxylic acids is 1. The summed E-state index contributed by atoms with van der Waals surface area (Å²) in [4.78, 5) is 15.1. The molecule has 3 heterocycles. The molecule has 0 spiro atoms. The fraction of sp³-hybridized carbons (Fsp3) is 0.583. The molecule has 1 aromatic rings. The molecule has 2 fully saturated rings. The topological polar surface area (TPSA) is 44.4 Å². The van der Waals surface area contributed by atoms with Gasteiger partial charge in [-0.3, -0.25) is 0 Å². The van der Waals surface area contributed by atoms with Crippen molar-refractivity contribution in [3.63, 3.8) is 0 Å². The van der Waals surface area contributed by atoms with E-state index in [1.807, 2.05) is 11.0 Å². The van der Waals surface area contributed by atoms with Gasteiger partial charge in [-0.25, -0.2) is 4.79 Å². The quantitative estimate of drug-likeness (QED) is 0.892. The third kappa shape index (κ3) is 2.55. The van der Waals surface area contributed by atoms with Gasteiger partial charge in [0.05, 0.1) is 9.83 Å². The van der Waals surface area contributed by atoms with Crippen molar-refractivity contribution in [2.75, 3.05) is 26.2 Å². The van der Waals surface area contributed by atoms with Crippen LogP contribution in [0, 0.1) is 5.92 Å². The lowest BCUT2D eigenvalue weighted by Gasteiger charge is -2.18. The van der Waals surface area contributed by atoms with Crippen molar-refractivity contribution >= 4 is 33.3 Å². The lowest BCUT2D eigenvalue weighted by molar-refractivity contribution is 0.210. The second-order valence-corrected chi connectivity index (χ2v) is 7.40. The first kappa shape index (κ1) is 12.4. The minimum atomic E-state index is 0.0800. The van der Waals surface area contributed by atoms with E-state index in [0.717, 1.165) is 30.0 Å². The molecule has 0 bridgehead atoms. The molecule has 2 atom stereocenters. The van der Waals surface area contributed by atoms with Crippen LogP contribution in [0.2, 0.25) is 0 Å². The molecule has 0 radical (unpaired) electrons. The van der Waals surface area contributed by atoms with E-state index in [-0.39, 0.29) is 12.1 Å². The number of nitrogens with one attached hydrogen (secondary N) is 2. The zero-order chi connectivity index (χ0) is 12.5. The van der Waals surface area contributed by atoms with Crippen LogP contribution >= 0.6 is 27.3 Å². The van der Waals surface area contributed by atoms with Crippen molar-refractivity contribution < 1.29 is 4.79 Å². The van der Waals surface area contributed by atoms with Gasteiger partial charge in [-0.05, 0) is 53.5 Å². The van der Waals surface area contributed by atoms with Gasteiger partial charge in [-0.2, -0.15) is 0 Å². The van der Waals surface area contributed by atoms with Gasteiger partial charge in [-0.15, -0.1) is 11.3 Å². The highest BCUT2D eigenvalue weighted by Gasteiger charge is 2.32. The van der Waals surface area contributed by atoms with Crippen LogP contribution in [0.3, 0.4) is 0 Å². The van der Waals surface area contributed by atoms with Gasteiger partial charge in [0.25, 0.3) is 0 Å². The number of halogens is 1. The van der Waals surface area contributed by atoms with Crippen LogP contribution in [0.1, 0.15) is 17.3 Å². The molecule has 1 aromatic heterocycles. The minimum absolute atomic E-state index is 0.0800. The Kier molecular flexibility index (Phi) is 3.59. The van der Waals surface area contributed by atoms with E-state index in [9.17, 15) is 4.79 Å². The van der Waals surface area contributed by atoms with Crippen LogP contribution in [0.25, 0.3) is 0 Å². The van der Waals surface area contributed by atoms with Crippen molar-refractivity contribution in [3.8, 4) is 0 Å². The first-order valence-electron chi connectivity index (χ1n) is 6.24. The molecule has 0 aromatic carbocycles. The first-order chi connectivity index (χ1) is 8.72. The van der Waals surface area contributed by atoms with Crippen molar-refractivity contribution in [1.29, 1.82) is 0 Å². The van der Waals surface area contributed by atoms with E-state index < -0.39 is 0 Å². The SMILES string of the molecule is O=C1NC(c2ccc(Br)s2)CN1CC1CCNC1. The molecule has 2 aliphatic heterocycles. The van der Waals surface area contributed by atoms with Gasteiger partial charge in [0.15, 0.2) is 0 Å². The Balaban J connectivity index is 1.62. The molecule has 2 aliphatic rings. The Bertz CT molecular complexity index is 444. The second kappa shape index (κ2) is 5.19. The highest BCUT2D eigenvalue weighted by molar-refractivity contribution is 9.11. The van der Waals surface area contributed by atoms with E-state index in [0.29, 0.717) is 5.92 Å². The van der Waals surface area contributed by atoms with Gasteiger partial charge in [-0.1, -0.05) is 0 Å². The maximum atomic E-state index is 11.9. The van der Waals surface area contributed by atoms with Gasteiger partial charge in [0.2, 0.25) is 0 Å². The zero-order valence-electron chi connectivity index (χ0n) is 9.99. The predicted octanol–water partition coefficient (Wildman–Crippen LogP) is 2.19. The minimum Gasteiger partial charge on any atom is -0.329 e. The number of hydrogen-bond acceptors (Lipinski definition) is 3. The van der Waals surface area contributed by atoms with Crippen LogP contribution in [-0.4, -0.2) is 37.1 Å². The number of nitrogens with zero attached hydrogens (tertiary/aromatic N) is 1. The van der Waals surface area contributed by atoms with Crippen molar-refractivity contribution in [2.45, 2.75) is 12.5 Å². The van der Waals surface area contributed by atoms with Gasteiger partial charge in [0, 0.05) is 18.0 Å². The Morgan fingerprint density at radius 2 is 2.39 bits per heavy atom. The molecule has 2 unspecified atom stereocenters. The summed E-state index contributed by atoms with van der Waals surface area (Å²) >= 11 is 5.16. The summed E-state index contributed by atoms with van der Waals surface area (Å²) < 4.78 is 1.12. The van der Waals surface area contributed by atoms with Crippen LogP contribution in [0.4, 0.5) is 4.79 Å². The molecular weight excluding hydrogens is 314 g/mol. The third-order valence-corrected chi connectivity index (χ3v) is 5.30. The molecule has 6 heteroatoms. The summed E-state index contributed by atoms with van der Waals surface area (Å²) in [6, 6.07) is 4.36. The number of amides is 2. The molecule has 2 N–H and O–H groups in total. The van der Waals surface area contributed by atoms with Crippen molar-refractivity contribution in [3.05, 3.63) is 20.8 Å². The van der Waals surface area contributed by atoms with Crippen LogP contribution in [0.15, 0.2) is 15.9 Å². The molecule has 2 amide bonds. The molecular formula is C12H16BrN3OS. The number of urea groups is 1. The monoisotopic (exact) mass is 329 g/mol. The Morgan fingerprint density at radius 3 is 3.06 bits per heavy atom. The first-order valence-corrected chi connectivity index (χ1v) is 7.85. The molecule has 3 rings (SSSR count). The Morgan fingerprint density at radius 1 is 1.50 bits per heavy atom. The van der Waals surface area contributed by atoms with Gasteiger partial charge >= 0.3 is 6.03 Å². The maximum Gasteiger partial charge on any atom is 0.318 e. The largest absolute Gasteiger partial charge is 0.329 e. The van der Waals surface area contributed by atoms with Gasteiger partial charge < -0.3 is 15.5 Å².